The first-order chi connectivity index (χ1) is 9.90. The van der Waals surface area contributed by atoms with Crippen molar-refractivity contribution in [3.05, 3.63) is 24.3 Å². The average molecular weight is 306 g/mol. The van der Waals surface area contributed by atoms with Gasteiger partial charge >= 0.3 is 6.18 Å². The molecule has 0 bridgehead atoms. The summed E-state index contributed by atoms with van der Waals surface area (Å²) in [5.74, 6) is -2.62. The van der Waals surface area contributed by atoms with Crippen molar-refractivity contribution < 1.29 is 27.9 Å². The molecule has 0 saturated heterocycles. The van der Waals surface area contributed by atoms with Gasteiger partial charge < -0.3 is 20.4 Å². The number of hydrogen-bond acceptors (Lipinski definition) is 4. The Morgan fingerprint density at radius 1 is 1.29 bits per heavy atom. The van der Waals surface area contributed by atoms with Crippen molar-refractivity contribution in [1.82, 2.24) is 0 Å². The van der Waals surface area contributed by atoms with E-state index in [1.165, 1.54) is 6.07 Å². The highest BCUT2D eigenvalue weighted by Crippen LogP contribution is 2.30. The van der Waals surface area contributed by atoms with Crippen LogP contribution < -0.4 is 15.2 Å². The van der Waals surface area contributed by atoms with Crippen LogP contribution in [0.15, 0.2) is 29.4 Å². The molecule has 118 valence electrons. The van der Waals surface area contributed by atoms with Crippen molar-refractivity contribution in [3.63, 3.8) is 0 Å². The topological polar surface area (TPSA) is 77.1 Å². The Morgan fingerprint density at radius 2 is 1.86 bits per heavy atom. The van der Waals surface area contributed by atoms with Crippen molar-refractivity contribution in [3.8, 4) is 11.5 Å². The fraction of sp³-hybridized carbons (Fsp3) is 0.462. The lowest BCUT2D eigenvalue weighted by Crippen LogP contribution is -2.40. The molecule has 0 amide bonds. The zero-order valence-electron chi connectivity index (χ0n) is 11.4. The zero-order valence-corrected chi connectivity index (χ0v) is 11.4. The molecule has 0 aliphatic rings. The van der Waals surface area contributed by atoms with Gasteiger partial charge in [0.25, 0.3) is 0 Å². The van der Waals surface area contributed by atoms with Crippen molar-refractivity contribution in [2.75, 3.05) is 13.2 Å². The standard InChI is InChI=1S/C13H17F3N2O3/c1-2-7-20-10-5-3-4-6-11(10)21-8-9(12(17)18-19)13(14,15)16/h3-6,9,19H,2,7-8H2,1H3,(H2,17,18). The highest BCUT2D eigenvalue weighted by atomic mass is 19.4. The van der Waals surface area contributed by atoms with Crippen molar-refractivity contribution in [2.45, 2.75) is 19.5 Å². The highest BCUT2D eigenvalue weighted by molar-refractivity contribution is 5.83. The Bertz CT molecular complexity index is 478. The van der Waals surface area contributed by atoms with E-state index in [-0.39, 0.29) is 5.75 Å². The summed E-state index contributed by atoms with van der Waals surface area (Å²) < 4.78 is 48.8. The van der Waals surface area contributed by atoms with Gasteiger partial charge in [-0.1, -0.05) is 24.2 Å². The van der Waals surface area contributed by atoms with E-state index < -0.39 is 24.5 Å². The molecule has 0 aliphatic heterocycles. The van der Waals surface area contributed by atoms with E-state index in [4.69, 9.17) is 20.4 Å². The normalized spacial score (nSPS) is 13.8. The van der Waals surface area contributed by atoms with E-state index in [1.54, 1.807) is 18.2 Å². The number of hydrogen-bond donors (Lipinski definition) is 2. The molecule has 0 radical (unpaired) electrons. The van der Waals surface area contributed by atoms with Gasteiger partial charge in [-0.2, -0.15) is 13.2 Å². The molecule has 0 fully saturated rings. The van der Waals surface area contributed by atoms with E-state index in [2.05, 4.69) is 5.16 Å². The Balaban J connectivity index is 2.81. The summed E-state index contributed by atoms with van der Waals surface area (Å²) in [5, 5.41) is 10.8. The van der Waals surface area contributed by atoms with Crippen molar-refractivity contribution >= 4 is 5.84 Å². The van der Waals surface area contributed by atoms with Crippen LogP contribution in [-0.4, -0.2) is 30.4 Å². The number of nitrogens with zero attached hydrogens (tertiary/aromatic N) is 1. The number of amidine groups is 1. The summed E-state index contributed by atoms with van der Waals surface area (Å²) in [6, 6.07) is 6.38. The number of para-hydroxylation sites is 2. The fourth-order valence-electron chi connectivity index (χ4n) is 1.49. The van der Waals surface area contributed by atoms with Crippen molar-refractivity contribution in [2.24, 2.45) is 16.8 Å². The highest BCUT2D eigenvalue weighted by Gasteiger charge is 2.43. The number of halogens is 3. The van der Waals surface area contributed by atoms with Crippen LogP contribution in [0.2, 0.25) is 0 Å². The summed E-state index contributed by atoms with van der Waals surface area (Å²) in [5.41, 5.74) is 5.05. The zero-order chi connectivity index (χ0) is 15.9. The Labute approximate surface area is 120 Å². The number of oxime groups is 1. The molecule has 0 saturated carbocycles. The molecule has 21 heavy (non-hydrogen) atoms. The summed E-state index contributed by atoms with van der Waals surface area (Å²) >= 11 is 0. The molecule has 0 aromatic heterocycles. The molecular formula is C13H17F3N2O3. The van der Waals surface area contributed by atoms with E-state index in [0.29, 0.717) is 12.4 Å². The van der Waals surface area contributed by atoms with E-state index >= 15 is 0 Å². The molecule has 1 rings (SSSR count). The van der Waals surface area contributed by atoms with Gasteiger partial charge in [0.05, 0.1) is 6.61 Å². The summed E-state index contributed by atoms with van der Waals surface area (Å²) in [7, 11) is 0. The third-order valence-corrected chi connectivity index (χ3v) is 2.58. The van der Waals surface area contributed by atoms with E-state index in [0.717, 1.165) is 6.42 Å². The SMILES string of the molecule is CCCOc1ccccc1OCC(/C(N)=N/O)C(F)(F)F. The number of ether oxygens (including phenoxy) is 2. The van der Waals surface area contributed by atoms with Crippen LogP contribution in [0, 0.1) is 5.92 Å². The van der Waals surface area contributed by atoms with E-state index in [9.17, 15) is 13.2 Å². The third-order valence-electron chi connectivity index (χ3n) is 2.58. The summed E-state index contributed by atoms with van der Waals surface area (Å²) in [6.07, 6.45) is -3.92. The smallest absolute Gasteiger partial charge is 0.402 e. The predicted molar refractivity (Wildman–Crippen MR) is 70.7 cm³/mol. The molecule has 3 N–H and O–H groups in total. The van der Waals surface area contributed by atoms with Gasteiger partial charge in [0.15, 0.2) is 17.3 Å². The Morgan fingerprint density at radius 3 is 2.33 bits per heavy atom. The van der Waals surface area contributed by atoms with Gasteiger partial charge in [-0.3, -0.25) is 0 Å². The maximum absolute atomic E-state index is 12.8. The molecule has 1 aromatic rings. The maximum Gasteiger partial charge on any atom is 0.402 e. The van der Waals surface area contributed by atoms with Crippen LogP contribution in [0.25, 0.3) is 0 Å². The minimum atomic E-state index is -4.67. The number of benzene rings is 1. The van der Waals surface area contributed by atoms with Crippen LogP contribution in [0.3, 0.4) is 0 Å². The lowest BCUT2D eigenvalue weighted by atomic mass is 10.1. The van der Waals surface area contributed by atoms with Crippen LogP contribution in [0.1, 0.15) is 13.3 Å². The minimum Gasteiger partial charge on any atom is -0.490 e. The predicted octanol–water partition coefficient (Wildman–Crippen LogP) is 2.78. The third kappa shape index (κ3) is 5.05. The first-order valence-electron chi connectivity index (χ1n) is 6.28. The summed E-state index contributed by atoms with van der Waals surface area (Å²) in [4.78, 5) is 0. The Hall–Kier alpha value is -2.12. The number of alkyl halides is 3. The molecule has 1 unspecified atom stereocenters. The second kappa shape index (κ2) is 7.61. The van der Waals surface area contributed by atoms with Gasteiger partial charge in [-0.05, 0) is 18.6 Å². The van der Waals surface area contributed by atoms with E-state index in [1.807, 2.05) is 6.92 Å². The molecule has 0 spiro atoms. The molecule has 1 atom stereocenters. The quantitative estimate of drug-likeness (QED) is 0.351. The second-order valence-electron chi connectivity index (χ2n) is 4.23. The minimum absolute atomic E-state index is 0.172. The second-order valence-corrected chi connectivity index (χ2v) is 4.23. The largest absolute Gasteiger partial charge is 0.490 e. The molecular weight excluding hydrogens is 289 g/mol. The van der Waals surface area contributed by atoms with Crippen molar-refractivity contribution in [1.29, 1.82) is 0 Å². The van der Waals surface area contributed by atoms with Crippen LogP contribution in [0.5, 0.6) is 11.5 Å². The van der Waals surface area contributed by atoms with Crippen LogP contribution in [0.4, 0.5) is 13.2 Å². The lowest BCUT2D eigenvalue weighted by Gasteiger charge is -2.20. The van der Waals surface area contributed by atoms with Crippen LogP contribution in [-0.2, 0) is 0 Å². The fourth-order valence-corrected chi connectivity index (χ4v) is 1.49. The number of nitrogens with two attached hydrogens (primary N) is 1. The maximum atomic E-state index is 12.8. The van der Waals surface area contributed by atoms with Gasteiger partial charge in [0.2, 0.25) is 0 Å². The number of rotatable bonds is 7. The summed E-state index contributed by atoms with van der Waals surface area (Å²) in [6.45, 7) is 1.52. The molecule has 8 heteroatoms. The average Bonchev–Trinajstić information content (AvgIpc) is 2.44. The first kappa shape index (κ1) is 16.9. The van der Waals surface area contributed by atoms with Crippen LogP contribution >= 0.6 is 0 Å². The molecule has 1 aromatic carbocycles. The van der Waals surface area contributed by atoms with Gasteiger partial charge in [0, 0.05) is 0 Å². The monoisotopic (exact) mass is 306 g/mol. The van der Waals surface area contributed by atoms with Gasteiger partial charge in [-0.15, -0.1) is 0 Å². The molecule has 0 aliphatic carbocycles. The molecule has 5 nitrogen and oxygen atoms in total. The first-order valence-corrected chi connectivity index (χ1v) is 6.28. The lowest BCUT2D eigenvalue weighted by molar-refractivity contribution is -0.162. The molecule has 0 heterocycles. The Kier molecular flexibility index (Phi) is 6.13. The van der Waals surface area contributed by atoms with Gasteiger partial charge in [-0.25, -0.2) is 0 Å². The van der Waals surface area contributed by atoms with Gasteiger partial charge in [0.1, 0.15) is 12.5 Å².